The van der Waals surface area contributed by atoms with E-state index in [1.54, 1.807) is 24.4 Å². The number of imide groups is 1. The van der Waals surface area contributed by atoms with Crippen LogP contribution in [0.3, 0.4) is 0 Å². The topological polar surface area (TPSA) is 109 Å². The normalized spacial score (nSPS) is 16.1. The number of piperidine rings is 1. The van der Waals surface area contributed by atoms with Gasteiger partial charge in [-0.3, -0.25) is 19.7 Å². The van der Waals surface area contributed by atoms with Crippen molar-refractivity contribution in [3.8, 4) is 0 Å². The number of carbonyl (C=O) groups is 3. The maximum absolute atomic E-state index is 13.0. The molecule has 0 radical (unpaired) electrons. The molecule has 0 saturated carbocycles. The summed E-state index contributed by atoms with van der Waals surface area (Å²) in [6.07, 6.45) is 2.06. The van der Waals surface area contributed by atoms with E-state index in [1.807, 2.05) is 37.3 Å². The third-order valence-corrected chi connectivity index (χ3v) is 5.31. The van der Waals surface area contributed by atoms with Gasteiger partial charge < -0.3 is 15.2 Å². The summed E-state index contributed by atoms with van der Waals surface area (Å²) in [4.78, 5) is 48.7. The second-order valence-electron chi connectivity index (χ2n) is 7.59. The summed E-state index contributed by atoms with van der Waals surface area (Å²) in [6, 6.07) is 13.5. The van der Waals surface area contributed by atoms with Crippen LogP contribution in [0.1, 0.15) is 30.0 Å². The fourth-order valence-electron chi connectivity index (χ4n) is 3.60. The van der Waals surface area contributed by atoms with Crippen molar-refractivity contribution in [3.05, 3.63) is 76.2 Å². The number of pyridine rings is 1. The van der Waals surface area contributed by atoms with E-state index in [4.69, 9.17) is 0 Å². The average Bonchev–Trinajstić information content (AvgIpc) is 2.75. The Kier molecular flexibility index (Phi) is 5.53. The molecule has 1 aliphatic rings. The van der Waals surface area contributed by atoms with Crippen molar-refractivity contribution in [3.63, 3.8) is 0 Å². The van der Waals surface area contributed by atoms with Gasteiger partial charge in [0.2, 0.25) is 11.8 Å². The van der Waals surface area contributed by atoms with Crippen LogP contribution in [0, 0.1) is 6.92 Å². The van der Waals surface area contributed by atoms with Crippen LogP contribution in [0.2, 0.25) is 0 Å². The number of anilines is 1. The molecule has 0 bridgehead atoms. The molecule has 4 rings (SSSR count). The molecule has 3 aromatic rings. The predicted octanol–water partition coefficient (Wildman–Crippen LogP) is 2.61. The van der Waals surface area contributed by atoms with Crippen molar-refractivity contribution in [2.24, 2.45) is 0 Å². The Balaban J connectivity index is 1.50. The minimum atomic E-state index is -0.711. The Bertz CT molecular complexity index is 1230. The van der Waals surface area contributed by atoms with Crippen molar-refractivity contribution in [2.45, 2.75) is 32.4 Å². The molecule has 1 aromatic heterocycles. The fraction of sp³-hybridized carbons (Fsp3) is 0.217. The maximum Gasteiger partial charge on any atom is 0.319 e. The second kappa shape index (κ2) is 8.43. The van der Waals surface area contributed by atoms with Gasteiger partial charge in [0.15, 0.2) is 0 Å². The molecule has 4 amide bonds. The Morgan fingerprint density at radius 3 is 2.61 bits per heavy atom. The SMILES string of the molecule is Cc1ccc(NC(=O)NCc2ccc3ccn(C4CCC(=O)NC4=O)c(=O)c3c2)cc1. The van der Waals surface area contributed by atoms with Gasteiger partial charge in [0.25, 0.3) is 5.56 Å². The van der Waals surface area contributed by atoms with Crippen LogP contribution >= 0.6 is 0 Å². The predicted molar refractivity (Wildman–Crippen MR) is 117 cm³/mol. The van der Waals surface area contributed by atoms with Crippen molar-refractivity contribution in [1.82, 2.24) is 15.2 Å². The maximum atomic E-state index is 13.0. The van der Waals surface area contributed by atoms with Crippen LogP contribution < -0.4 is 21.5 Å². The zero-order valence-electron chi connectivity index (χ0n) is 17.0. The lowest BCUT2D eigenvalue weighted by molar-refractivity contribution is -0.135. The van der Waals surface area contributed by atoms with E-state index in [2.05, 4.69) is 16.0 Å². The number of aryl methyl sites for hydroxylation is 1. The Hall–Kier alpha value is -3.94. The molecule has 158 valence electrons. The number of nitrogens with zero attached hydrogens (tertiary/aromatic N) is 1. The Labute approximate surface area is 178 Å². The molecule has 0 aliphatic carbocycles. The van der Waals surface area contributed by atoms with E-state index in [0.29, 0.717) is 11.1 Å². The first kappa shape index (κ1) is 20.3. The summed E-state index contributed by atoms with van der Waals surface area (Å²) >= 11 is 0. The summed E-state index contributed by atoms with van der Waals surface area (Å²) in [5, 5.41) is 9.00. The first-order valence-corrected chi connectivity index (χ1v) is 10.00. The van der Waals surface area contributed by atoms with Gasteiger partial charge in [0.1, 0.15) is 6.04 Å². The number of hydrogen-bond acceptors (Lipinski definition) is 4. The minimum absolute atomic E-state index is 0.195. The van der Waals surface area contributed by atoms with E-state index in [9.17, 15) is 19.2 Å². The lowest BCUT2D eigenvalue weighted by atomic mass is 10.0. The van der Waals surface area contributed by atoms with Crippen LogP contribution in [0.4, 0.5) is 10.5 Å². The zero-order chi connectivity index (χ0) is 22.0. The molecular formula is C23H22N4O4. The third kappa shape index (κ3) is 4.48. The first-order valence-electron chi connectivity index (χ1n) is 10.00. The lowest BCUT2D eigenvalue weighted by Gasteiger charge is -2.23. The quantitative estimate of drug-likeness (QED) is 0.566. The highest BCUT2D eigenvalue weighted by atomic mass is 16.2. The van der Waals surface area contributed by atoms with Gasteiger partial charge in [0.05, 0.1) is 0 Å². The molecule has 1 atom stereocenters. The standard InChI is InChI=1S/C23H22N4O4/c1-14-2-6-17(7-3-14)25-23(31)24-13-15-4-5-16-10-11-27(22(30)18(16)12-15)19-8-9-20(28)26-21(19)29/h2-7,10-12,19H,8-9,13H2,1H3,(H2,24,25,31)(H,26,28,29). The third-order valence-electron chi connectivity index (χ3n) is 5.31. The largest absolute Gasteiger partial charge is 0.334 e. The van der Waals surface area contributed by atoms with Gasteiger partial charge in [-0.15, -0.1) is 0 Å². The van der Waals surface area contributed by atoms with E-state index in [-0.39, 0.29) is 36.9 Å². The molecular weight excluding hydrogens is 396 g/mol. The number of urea groups is 1. The van der Waals surface area contributed by atoms with Crippen molar-refractivity contribution < 1.29 is 14.4 Å². The van der Waals surface area contributed by atoms with Crippen LogP contribution in [-0.2, 0) is 16.1 Å². The molecule has 1 aliphatic heterocycles. The number of amides is 4. The van der Waals surface area contributed by atoms with Gasteiger partial charge in [-0.05, 0) is 48.6 Å². The number of rotatable bonds is 4. The summed E-state index contributed by atoms with van der Waals surface area (Å²) in [6.45, 7) is 2.21. The molecule has 2 heterocycles. The van der Waals surface area contributed by atoms with E-state index < -0.39 is 11.9 Å². The molecule has 31 heavy (non-hydrogen) atoms. The molecule has 1 unspecified atom stereocenters. The first-order chi connectivity index (χ1) is 14.9. The smallest absolute Gasteiger partial charge is 0.319 e. The van der Waals surface area contributed by atoms with Crippen LogP contribution in [0.5, 0.6) is 0 Å². The zero-order valence-corrected chi connectivity index (χ0v) is 17.0. The van der Waals surface area contributed by atoms with Gasteiger partial charge in [-0.1, -0.05) is 29.8 Å². The highest BCUT2D eigenvalue weighted by Crippen LogP contribution is 2.19. The Morgan fingerprint density at radius 2 is 1.87 bits per heavy atom. The minimum Gasteiger partial charge on any atom is -0.334 e. The second-order valence-corrected chi connectivity index (χ2v) is 7.59. The lowest BCUT2D eigenvalue weighted by Crippen LogP contribution is -2.44. The molecule has 8 heteroatoms. The number of hydrogen-bond donors (Lipinski definition) is 3. The highest BCUT2D eigenvalue weighted by Gasteiger charge is 2.28. The monoisotopic (exact) mass is 418 g/mol. The molecule has 3 N–H and O–H groups in total. The van der Waals surface area contributed by atoms with E-state index in [0.717, 1.165) is 16.5 Å². The number of nitrogens with one attached hydrogen (secondary N) is 3. The number of carbonyl (C=O) groups excluding carboxylic acids is 3. The van der Waals surface area contributed by atoms with Crippen LogP contribution in [0.25, 0.3) is 10.8 Å². The van der Waals surface area contributed by atoms with E-state index >= 15 is 0 Å². The molecule has 1 saturated heterocycles. The summed E-state index contributed by atoms with van der Waals surface area (Å²) < 4.78 is 1.37. The van der Waals surface area contributed by atoms with Gasteiger partial charge in [-0.25, -0.2) is 4.79 Å². The summed E-state index contributed by atoms with van der Waals surface area (Å²) in [5.74, 6) is -0.796. The number of fused-ring (bicyclic) bond motifs is 1. The molecule has 8 nitrogen and oxygen atoms in total. The highest BCUT2D eigenvalue weighted by molar-refractivity contribution is 5.99. The molecule has 1 fully saturated rings. The van der Waals surface area contributed by atoms with Gasteiger partial charge in [-0.2, -0.15) is 0 Å². The van der Waals surface area contributed by atoms with Crippen molar-refractivity contribution in [2.75, 3.05) is 5.32 Å². The molecule has 2 aromatic carbocycles. The van der Waals surface area contributed by atoms with Gasteiger partial charge >= 0.3 is 6.03 Å². The summed E-state index contributed by atoms with van der Waals surface area (Å²) in [7, 11) is 0. The number of benzene rings is 2. The van der Waals surface area contributed by atoms with Gasteiger partial charge in [0, 0.05) is 30.2 Å². The fourth-order valence-corrected chi connectivity index (χ4v) is 3.60. The van der Waals surface area contributed by atoms with Crippen LogP contribution in [-0.4, -0.2) is 22.4 Å². The number of aromatic nitrogens is 1. The summed E-state index contributed by atoms with van der Waals surface area (Å²) in [5.41, 5.74) is 2.24. The van der Waals surface area contributed by atoms with Crippen molar-refractivity contribution in [1.29, 1.82) is 0 Å². The average molecular weight is 418 g/mol. The van der Waals surface area contributed by atoms with Crippen LogP contribution in [0.15, 0.2) is 59.5 Å². The van der Waals surface area contributed by atoms with E-state index in [1.165, 1.54) is 4.57 Å². The molecule has 0 spiro atoms. The Morgan fingerprint density at radius 1 is 1.10 bits per heavy atom. The van der Waals surface area contributed by atoms with Crippen molar-refractivity contribution >= 4 is 34.3 Å².